The highest BCUT2D eigenvalue weighted by atomic mass is 19.4. The van der Waals surface area contributed by atoms with Gasteiger partial charge in [-0.05, 0) is 33.6 Å². The first-order valence-electron chi connectivity index (χ1n) is 6.87. The molecule has 0 aromatic rings. The maximum atomic E-state index is 13.6. The minimum Gasteiger partial charge on any atom is -0.449 e. The second-order valence-corrected chi connectivity index (χ2v) is 6.85. The van der Waals surface area contributed by atoms with E-state index in [1.807, 2.05) is 0 Å². The Balaban J connectivity index is 2.00. The highest BCUT2D eigenvalue weighted by Gasteiger charge is 2.83. The topological polar surface area (TPSA) is 29.5 Å². The van der Waals surface area contributed by atoms with Gasteiger partial charge in [-0.25, -0.2) is 13.6 Å². The summed E-state index contributed by atoms with van der Waals surface area (Å²) >= 11 is 0. The molecule has 2 rings (SSSR count). The first-order valence-corrected chi connectivity index (χ1v) is 6.87. The summed E-state index contributed by atoms with van der Waals surface area (Å²) in [5.74, 6) is -6.23. The van der Waals surface area contributed by atoms with Gasteiger partial charge in [0.05, 0.1) is 0 Å². The zero-order valence-electron chi connectivity index (χ0n) is 12.1. The molecule has 1 spiro atoms. The number of halogens is 5. The summed E-state index contributed by atoms with van der Waals surface area (Å²) in [7, 11) is 0. The van der Waals surface area contributed by atoms with Crippen molar-refractivity contribution in [3.63, 3.8) is 0 Å². The Kier molecular flexibility index (Phi) is 3.50. The standard InChI is InChI=1S/C12H18BF5NO2/c1-10(2,3)21-9(20)19-6-4-11(5-7-19)8(12(11,14)15)13(16,17)18/h8H,4-7H2,1-3H3/q-1. The van der Waals surface area contributed by atoms with Gasteiger partial charge in [-0.3, -0.25) is 0 Å². The minimum absolute atomic E-state index is 0.132. The second kappa shape index (κ2) is 4.49. The lowest BCUT2D eigenvalue weighted by Crippen LogP contribution is -2.43. The van der Waals surface area contributed by atoms with Crippen molar-refractivity contribution < 1.29 is 31.3 Å². The highest BCUT2D eigenvalue weighted by Crippen LogP contribution is 2.78. The van der Waals surface area contributed by atoms with Gasteiger partial charge in [0.1, 0.15) is 5.60 Å². The lowest BCUT2D eigenvalue weighted by molar-refractivity contribution is 0.00117. The van der Waals surface area contributed by atoms with E-state index in [1.165, 1.54) is 4.90 Å². The predicted octanol–water partition coefficient (Wildman–Crippen LogP) is 3.87. The van der Waals surface area contributed by atoms with Gasteiger partial charge in [-0.15, -0.1) is 0 Å². The van der Waals surface area contributed by atoms with Crippen LogP contribution in [0.1, 0.15) is 33.6 Å². The maximum absolute atomic E-state index is 13.6. The van der Waals surface area contributed by atoms with Gasteiger partial charge in [0.15, 0.2) is 0 Å². The fourth-order valence-corrected chi connectivity index (χ4v) is 3.20. The van der Waals surface area contributed by atoms with Crippen molar-refractivity contribution in [2.75, 3.05) is 13.1 Å². The molecule has 2 fully saturated rings. The van der Waals surface area contributed by atoms with Gasteiger partial charge in [0, 0.05) is 24.3 Å². The molecule has 0 N–H and O–H groups in total. The second-order valence-electron chi connectivity index (χ2n) is 6.85. The molecule has 1 saturated heterocycles. The first kappa shape index (κ1) is 16.4. The van der Waals surface area contributed by atoms with Gasteiger partial charge >= 0.3 is 13.1 Å². The van der Waals surface area contributed by atoms with E-state index in [9.17, 15) is 26.5 Å². The molecule has 0 bridgehead atoms. The molecule has 1 unspecified atom stereocenters. The third-order valence-electron chi connectivity index (χ3n) is 4.25. The van der Waals surface area contributed by atoms with Crippen LogP contribution >= 0.6 is 0 Å². The Hall–Kier alpha value is -1.02. The van der Waals surface area contributed by atoms with Crippen LogP contribution in [0.5, 0.6) is 0 Å². The van der Waals surface area contributed by atoms with Crippen molar-refractivity contribution in [2.24, 2.45) is 5.41 Å². The number of nitrogens with zero attached hydrogens (tertiary/aromatic N) is 1. The molecule has 0 radical (unpaired) electrons. The summed E-state index contributed by atoms with van der Waals surface area (Å²) in [6, 6.07) is 0. The fourth-order valence-electron chi connectivity index (χ4n) is 3.20. The monoisotopic (exact) mass is 314 g/mol. The average molecular weight is 314 g/mol. The van der Waals surface area contributed by atoms with Crippen molar-refractivity contribution in [3.8, 4) is 0 Å². The van der Waals surface area contributed by atoms with Gasteiger partial charge in [0.2, 0.25) is 5.92 Å². The summed E-state index contributed by atoms with van der Waals surface area (Å²) in [6.45, 7) is -0.856. The van der Waals surface area contributed by atoms with E-state index in [4.69, 9.17) is 4.74 Å². The van der Waals surface area contributed by atoms with E-state index in [2.05, 4.69) is 0 Å². The Morgan fingerprint density at radius 2 is 1.67 bits per heavy atom. The van der Waals surface area contributed by atoms with E-state index in [1.54, 1.807) is 20.8 Å². The maximum Gasteiger partial charge on any atom is 0.488 e. The van der Waals surface area contributed by atoms with Crippen LogP contribution in [0.2, 0.25) is 5.82 Å². The zero-order valence-corrected chi connectivity index (χ0v) is 12.1. The van der Waals surface area contributed by atoms with E-state index in [0.29, 0.717) is 0 Å². The number of carbonyl (C=O) groups excluding carboxylic acids is 1. The number of hydrogen-bond acceptors (Lipinski definition) is 2. The number of alkyl halides is 2. The SMILES string of the molecule is CC(C)(C)OC(=O)N1CCC2(CC1)C([B-](F)(F)F)C2(F)F. The largest absolute Gasteiger partial charge is 0.488 e. The Morgan fingerprint density at radius 3 is 2.00 bits per heavy atom. The van der Waals surface area contributed by atoms with Crippen LogP contribution in [0.3, 0.4) is 0 Å². The van der Waals surface area contributed by atoms with Crippen molar-refractivity contribution in [3.05, 3.63) is 0 Å². The molecule has 9 heteroatoms. The van der Waals surface area contributed by atoms with Crippen molar-refractivity contribution in [1.82, 2.24) is 4.90 Å². The normalized spacial score (nSPS) is 27.6. The highest BCUT2D eigenvalue weighted by molar-refractivity contribution is 6.62. The minimum atomic E-state index is -5.57. The van der Waals surface area contributed by atoms with Gasteiger partial charge < -0.3 is 22.6 Å². The Morgan fingerprint density at radius 1 is 1.19 bits per heavy atom. The molecule has 1 heterocycles. The quantitative estimate of drug-likeness (QED) is 0.543. The molecule has 1 aliphatic heterocycles. The Bertz CT molecular complexity index is 438. The summed E-state index contributed by atoms with van der Waals surface area (Å²) in [6.07, 6.45) is -1.36. The number of piperidine rings is 1. The summed E-state index contributed by atoms with van der Waals surface area (Å²) in [5.41, 5.74) is -2.74. The molecule has 21 heavy (non-hydrogen) atoms. The van der Waals surface area contributed by atoms with Crippen LogP contribution in [-0.4, -0.2) is 42.6 Å². The molecule has 3 nitrogen and oxygen atoms in total. The molecule has 1 saturated carbocycles. The van der Waals surface area contributed by atoms with Gasteiger partial charge in [0.25, 0.3) is 0 Å². The lowest BCUT2D eigenvalue weighted by Gasteiger charge is -2.34. The predicted molar refractivity (Wildman–Crippen MR) is 67.2 cm³/mol. The number of likely N-dealkylation sites (tertiary alicyclic amines) is 1. The molecule has 1 atom stereocenters. The molecule has 1 amide bonds. The van der Waals surface area contributed by atoms with Crippen LogP contribution in [0.15, 0.2) is 0 Å². The summed E-state index contributed by atoms with van der Waals surface area (Å²) < 4.78 is 70.4. The average Bonchev–Trinajstić information content (AvgIpc) is 2.72. The molecule has 0 aromatic carbocycles. The molecular formula is C12H18BF5NO2-. The van der Waals surface area contributed by atoms with Crippen LogP contribution in [0.4, 0.5) is 26.5 Å². The van der Waals surface area contributed by atoms with Crippen LogP contribution < -0.4 is 0 Å². The molecule has 2 aliphatic rings. The number of ether oxygens (including phenoxy) is 1. The third-order valence-corrected chi connectivity index (χ3v) is 4.25. The van der Waals surface area contributed by atoms with Crippen molar-refractivity contribution in [1.29, 1.82) is 0 Å². The summed E-state index contributed by atoms with van der Waals surface area (Å²) in [5, 5.41) is 0. The van der Waals surface area contributed by atoms with Crippen LogP contribution in [-0.2, 0) is 4.74 Å². The molecular weight excluding hydrogens is 296 g/mol. The van der Waals surface area contributed by atoms with E-state index < -0.39 is 35.8 Å². The zero-order chi connectivity index (χ0) is 16.3. The lowest BCUT2D eigenvalue weighted by atomic mass is 9.74. The van der Waals surface area contributed by atoms with Crippen LogP contribution in [0, 0.1) is 5.41 Å². The van der Waals surface area contributed by atoms with E-state index >= 15 is 0 Å². The fraction of sp³-hybridized carbons (Fsp3) is 0.917. The van der Waals surface area contributed by atoms with Crippen molar-refractivity contribution in [2.45, 2.75) is 51.0 Å². The van der Waals surface area contributed by atoms with E-state index in [0.717, 1.165) is 0 Å². The van der Waals surface area contributed by atoms with Crippen molar-refractivity contribution >= 4 is 13.1 Å². The van der Waals surface area contributed by atoms with Gasteiger partial charge in [-0.2, -0.15) is 0 Å². The number of carbonyl (C=O) groups is 1. The van der Waals surface area contributed by atoms with Gasteiger partial charge in [-0.1, -0.05) is 0 Å². The number of rotatable bonds is 1. The first-order chi connectivity index (χ1) is 9.31. The number of amides is 1. The smallest absolute Gasteiger partial charge is 0.449 e. The summed E-state index contributed by atoms with van der Waals surface area (Å²) in [4.78, 5) is 13.0. The number of hydrogen-bond donors (Lipinski definition) is 0. The molecule has 1 aliphatic carbocycles. The van der Waals surface area contributed by atoms with Crippen LogP contribution in [0.25, 0.3) is 0 Å². The molecule has 0 aromatic heterocycles. The molecule has 122 valence electrons. The third kappa shape index (κ3) is 2.71. The van der Waals surface area contributed by atoms with E-state index in [-0.39, 0.29) is 25.9 Å². The Labute approximate surface area is 119 Å².